The first-order valence-corrected chi connectivity index (χ1v) is 3.89. The van der Waals surface area contributed by atoms with Gasteiger partial charge in [0.15, 0.2) is 0 Å². The number of hydroxylamine groups is 1. The predicted molar refractivity (Wildman–Crippen MR) is 46.3 cm³/mol. The SMILES string of the molecule is Cc1cc(O)ccc1CCNO. The van der Waals surface area contributed by atoms with Crippen molar-refractivity contribution in [1.82, 2.24) is 5.48 Å². The molecule has 1 aromatic carbocycles. The molecule has 0 heterocycles. The molecule has 0 aliphatic heterocycles. The van der Waals surface area contributed by atoms with Crippen molar-refractivity contribution in [3.8, 4) is 5.75 Å². The van der Waals surface area contributed by atoms with Crippen LogP contribution in [0.4, 0.5) is 0 Å². The zero-order valence-corrected chi connectivity index (χ0v) is 7.04. The summed E-state index contributed by atoms with van der Waals surface area (Å²) >= 11 is 0. The van der Waals surface area contributed by atoms with Crippen molar-refractivity contribution in [3.63, 3.8) is 0 Å². The van der Waals surface area contributed by atoms with Crippen LogP contribution in [0.5, 0.6) is 5.75 Å². The fourth-order valence-electron chi connectivity index (χ4n) is 1.15. The van der Waals surface area contributed by atoms with Crippen LogP contribution in [0.15, 0.2) is 18.2 Å². The Morgan fingerprint density at radius 1 is 1.42 bits per heavy atom. The van der Waals surface area contributed by atoms with Gasteiger partial charge in [0.2, 0.25) is 0 Å². The van der Waals surface area contributed by atoms with Crippen molar-refractivity contribution in [3.05, 3.63) is 29.3 Å². The van der Waals surface area contributed by atoms with Crippen LogP contribution in [0.3, 0.4) is 0 Å². The molecule has 0 saturated heterocycles. The molecule has 0 aliphatic rings. The molecule has 0 amide bonds. The van der Waals surface area contributed by atoms with Gasteiger partial charge in [0.05, 0.1) is 0 Å². The molecule has 12 heavy (non-hydrogen) atoms. The summed E-state index contributed by atoms with van der Waals surface area (Å²) in [7, 11) is 0. The zero-order chi connectivity index (χ0) is 8.97. The highest BCUT2D eigenvalue weighted by molar-refractivity contribution is 5.33. The van der Waals surface area contributed by atoms with Gasteiger partial charge in [-0.2, -0.15) is 0 Å². The van der Waals surface area contributed by atoms with Crippen LogP contribution in [0, 0.1) is 6.92 Å². The molecule has 3 heteroatoms. The lowest BCUT2D eigenvalue weighted by molar-refractivity contribution is 0.168. The predicted octanol–water partition coefficient (Wildman–Crippen LogP) is 1.22. The van der Waals surface area contributed by atoms with Crippen molar-refractivity contribution in [2.24, 2.45) is 0 Å². The zero-order valence-electron chi connectivity index (χ0n) is 7.04. The molecule has 0 saturated carbocycles. The van der Waals surface area contributed by atoms with E-state index in [2.05, 4.69) is 5.48 Å². The van der Waals surface area contributed by atoms with Gasteiger partial charge in [-0.25, -0.2) is 5.48 Å². The van der Waals surface area contributed by atoms with Crippen molar-refractivity contribution >= 4 is 0 Å². The van der Waals surface area contributed by atoms with E-state index in [1.807, 2.05) is 13.0 Å². The molecule has 66 valence electrons. The van der Waals surface area contributed by atoms with E-state index >= 15 is 0 Å². The van der Waals surface area contributed by atoms with E-state index in [1.165, 1.54) is 0 Å². The first-order valence-electron chi connectivity index (χ1n) is 3.89. The van der Waals surface area contributed by atoms with Crippen LogP contribution in [0.1, 0.15) is 11.1 Å². The van der Waals surface area contributed by atoms with Gasteiger partial charge in [-0.1, -0.05) is 6.07 Å². The average Bonchev–Trinajstić information content (AvgIpc) is 2.03. The minimum atomic E-state index is 0.285. The third-order valence-corrected chi connectivity index (χ3v) is 1.83. The van der Waals surface area contributed by atoms with Gasteiger partial charge in [-0.3, -0.25) is 0 Å². The maximum absolute atomic E-state index is 9.10. The molecule has 0 bridgehead atoms. The van der Waals surface area contributed by atoms with Crippen LogP contribution in [0.25, 0.3) is 0 Å². The summed E-state index contributed by atoms with van der Waals surface area (Å²) in [6, 6.07) is 5.23. The van der Waals surface area contributed by atoms with Gasteiger partial charge in [-0.15, -0.1) is 0 Å². The van der Waals surface area contributed by atoms with Gasteiger partial charge in [0, 0.05) is 6.54 Å². The van der Waals surface area contributed by atoms with Crippen LogP contribution < -0.4 is 5.48 Å². The average molecular weight is 167 g/mol. The van der Waals surface area contributed by atoms with Crippen LogP contribution in [-0.4, -0.2) is 16.9 Å². The third kappa shape index (κ3) is 2.22. The summed E-state index contributed by atoms with van der Waals surface area (Å²) in [6.07, 6.45) is 0.766. The van der Waals surface area contributed by atoms with Crippen molar-refractivity contribution < 1.29 is 10.3 Å². The van der Waals surface area contributed by atoms with Gasteiger partial charge >= 0.3 is 0 Å². The molecule has 0 unspecified atom stereocenters. The summed E-state index contributed by atoms with van der Waals surface area (Å²) in [5, 5.41) is 17.5. The minimum Gasteiger partial charge on any atom is -0.508 e. The Kier molecular flexibility index (Phi) is 3.08. The second-order valence-electron chi connectivity index (χ2n) is 2.77. The third-order valence-electron chi connectivity index (χ3n) is 1.83. The highest BCUT2D eigenvalue weighted by atomic mass is 16.5. The summed E-state index contributed by atoms with van der Waals surface area (Å²) < 4.78 is 0. The fraction of sp³-hybridized carbons (Fsp3) is 0.333. The molecule has 0 aromatic heterocycles. The Hall–Kier alpha value is -1.06. The summed E-state index contributed by atoms with van der Waals surface area (Å²) in [5.74, 6) is 0.285. The summed E-state index contributed by atoms with van der Waals surface area (Å²) in [6.45, 7) is 2.47. The Morgan fingerprint density at radius 3 is 2.75 bits per heavy atom. The van der Waals surface area contributed by atoms with E-state index in [1.54, 1.807) is 12.1 Å². The summed E-state index contributed by atoms with van der Waals surface area (Å²) in [5.41, 5.74) is 4.28. The Bertz CT molecular complexity index is 261. The largest absolute Gasteiger partial charge is 0.508 e. The highest BCUT2D eigenvalue weighted by Crippen LogP contribution is 2.15. The second-order valence-corrected chi connectivity index (χ2v) is 2.77. The van der Waals surface area contributed by atoms with Gasteiger partial charge in [-0.05, 0) is 36.6 Å². The molecule has 0 aliphatic carbocycles. The number of hydrogen-bond donors (Lipinski definition) is 3. The fourth-order valence-corrected chi connectivity index (χ4v) is 1.15. The monoisotopic (exact) mass is 167 g/mol. The molecule has 1 rings (SSSR count). The lowest BCUT2D eigenvalue weighted by Gasteiger charge is -2.04. The van der Waals surface area contributed by atoms with E-state index in [9.17, 15) is 0 Å². The number of aryl methyl sites for hydroxylation is 1. The molecule has 1 aromatic rings. The molecule has 3 nitrogen and oxygen atoms in total. The number of rotatable bonds is 3. The molecule has 0 atom stereocenters. The highest BCUT2D eigenvalue weighted by Gasteiger charge is 1.98. The lowest BCUT2D eigenvalue weighted by Crippen LogP contribution is -2.11. The quantitative estimate of drug-likeness (QED) is 0.593. The van der Waals surface area contributed by atoms with E-state index < -0.39 is 0 Å². The van der Waals surface area contributed by atoms with E-state index in [0.29, 0.717) is 6.54 Å². The van der Waals surface area contributed by atoms with Crippen LogP contribution >= 0.6 is 0 Å². The number of phenols is 1. The van der Waals surface area contributed by atoms with Crippen LogP contribution in [-0.2, 0) is 6.42 Å². The summed E-state index contributed by atoms with van der Waals surface area (Å²) in [4.78, 5) is 0. The number of nitrogens with one attached hydrogen (secondary N) is 1. The Morgan fingerprint density at radius 2 is 2.17 bits per heavy atom. The second kappa shape index (κ2) is 4.09. The topological polar surface area (TPSA) is 52.5 Å². The van der Waals surface area contributed by atoms with E-state index in [4.69, 9.17) is 10.3 Å². The maximum Gasteiger partial charge on any atom is 0.115 e. The van der Waals surface area contributed by atoms with E-state index in [0.717, 1.165) is 17.5 Å². The number of aromatic hydroxyl groups is 1. The first-order chi connectivity index (χ1) is 5.74. The molecule has 0 radical (unpaired) electrons. The number of benzene rings is 1. The van der Waals surface area contributed by atoms with Crippen molar-refractivity contribution in [2.75, 3.05) is 6.54 Å². The van der Waals surface area contributed by atoms with E-state index in [-0.39, 0.29) is 5.75 Å². The molecular weight excluding hydrogens is 154 g/mol. The maximum atomic E-state index is 9.10. The van der Waals surface area contributed by atoms with Gasteiger partial charge in [0.25, 0.3) is 0 Å². The molecule has 0 fully saturated rings. The molecular formula is C9H13NO2. The Labute approximate surface area is 71.6 Å². The van der Waals surface area contributed by atoms with Crippen molar-refractivity contribution in [2.45, 2.75) is 13.3 Å². The molecule has 0 spiro atoms. The number of hydrogen-bond acceptors (Lipinski definition) is 3. The Balaban J connectivity index is 2.72. The van der Waals surface area contributed by atoms with Crippen molar-refractivity contribution in [1.29, 1.82) is 0 Å². The first kappa shape index (κ1) is 9.03. The van der Waals surface area contributed by atoms with Gasteiger partial charge < -0.3 is 10.3 Å². The number of phenolic OH excluding ortho intramolecular Hbond substituents is 1. The van der Waals surface area contributed by atoms with Crippen LogP contribution in [0.2, 0.25) is 0 Å². The smallest absolute Gasteiger partial charge is 0.115 e. The minimum absolute atomic E-state index is 0.285. The lowest BCUT2D eigenvalue weighted by atomic mass is 10.1. The standard InChI is InChI=1S/C9H13NO2/c1-7-6-9(11)3-2-8(7)4-5-10-12/h2-3,6,10-12H,4-5H2,1H3. The van der Waals surface area contributed by atoms with Gasteiger partial charge in [0.1, 0.15) is 5.75 Å². The normalized spacial score (nSPS) is 10.2. The molecule has 3 N–H and O–H groups in total.